The molecule has 0 saturated heterocycles. The van der Waals surface area contributed by atoms with Crippen molar-refractivity contribution in [2.45, 2.75) is 24.3 Å². The van der Waals surface area contributed by atoms with Gasteiger partial charge in [-0.15, -0.1) is 10.2 Å². The van der Waals surface area contributed by atoms with Crippen molar-refractivity contribution < 1.29 is 4.79 Å². The van der Waals surface area contributed by atoms with Crippen LogP contribution >= 0.6 is 43.6 Å². The minimum atomic E-state index is -0.346. The fourth-order valence-corrected chi connectivity index (χ4v) is 4.78. The molecule has 0 saturated carbocycles. The van der Waals surface area contributed by atoms with Gasteiger partial charge in [0.15, 0.2) is 5.16 Å². The number of carbonyl (C=O) groups excluding carboxylic acids is 1. The number of halogens is 2. The Morgan fingerprint density at radius 1 is 1.19 bits per heavy atom. The van der Waals surface area contributed by atoms with Crippen LogP contribution in [-0.4, -0.2) is 25.9 Å². The lowest BCUT2D eigenvalue weighted by molar-refractivity contribution is -0.115. The van der Waals surface area contributed by atoms with Gasteiger partial charge in [-0.05, 0) is 75.5 Å². The van der Waals surface area contributed by atoms with Gasteiger partial charge in [-0.1, -0.05) is 30.0 Å². The molecule has 0 unspecified atom stereocenters. The number of anilines is 1. The lowest BCUT2D eigenvalue weighted by Gasteiger charge is -2.15. The quantitative estimate of drug-likeness (QED) is 0.493. The minimum Gasteiger partial charge on any atom is -0.323 e. The molecule has 0 spiro atoms. The molecule has 3 aromatic rings. The van der Waals surface area contributed by atoms with Crippen molar-refractivity contribution in [3.8, 4) is 5.69 Å². The van der Waals surface area contributed by atoms with Gasteiger partial charge in [0.25, 0.3) is 0 Å². The number of nitrogens with one attached hydrogen (secondary N) is 1. The molecule has 0 bridgehead atoms. The van der Waals surface area contributed by atoms with Crippen LogP contribution < -0.4 is 5.32 Å². The number of rotatable bonds is 5. The van der Waals surface area contributed by atoms with Gasteiger partial charge in [-0.25, -0.2) is 0 Å². The van der Waals surface area contributed by atoms with E-state index >= 15 is 0 Å². The molecular weight excluding hydrogens is 480 g/mol. The number of hydrogen-bond acceptors (Lipinski definition) is 4. The maximum atomic E-state index is 12.6. The highest BCUT2D eigenvalue weighted by Crippen LogP contribution is 2.33. The van der Waals surface area contributed by atoms with E-state index in [-0.39, 0.29) is 11.2 Å². The van der Waals surface area contributed by atoms with Crippen molar-refractivity contribution in [3.63, 3.8) is 0 Å². The first kappa shape index (κ1) is 19.1. The van der Waals surface area contributed by atoms with Gasteiger partial charge in [-0.2, -0.15) is 0 Å². The predicted octanol–water partition coefficient (Wildman–Crippen LogP) is 5.22. The fraction of sp³-hybridized carbons (Fsp3) is 0.167. The Morgan fingerprint density at radius 2 is 1.85 bits per heavy atom. The molecule has 1 amide bonds. The number of benzene rings is 2. The van der Waals surface area contributed by atoms with Crippen LogP contribution in [0, 0.1) is 6.92 Å². The molecule has 0 aliphatic rings. The molecule has 2 aromatic carbocycles. The molecule has 1 atom stereocenters. The summed E-state index contributed by atoms with van der Waals surface area (Å²) in [5.74, 6) is -0.108. The Hall–Kier alpha value is -1.64. The van der Waals surface area contributed by atoms with Crippen molar-refractivity contribution in [3.05, 3.63) is 63.3 Å². The monoisotopic (exact) mass is 494 g/mol. The third kappa shape index (κ3) is 4.36. The zero-order valence-corrected chi connectivity index (χ0v) is 18.1. The largest absolute Gasteiger partial charge is 0.323 e. The molecule has 26 heavy (non-hydrogen) atoms. The number of hydrogen-bond donors (Lipinski definition) is 1. The van der Waals surface area contributed by atoms with Gasteiger partial charge < -0.3 is 5.32 Å². The summed E-state index contributed by atoms with van der Waals surface area (Å²) in [5.41, 5.74) is 2.77. The van der Waals surface area contributed by atoms with E-state index in [9.17, 15) is 4.79 Å². The zero-order valence-electron chi connectivity index (χ0n) is 14.1. The van der Waals surface area contributed by atoms with Crippen LogP contribution in [0.4, 0.5) is 5.69 Å². The normalized spacial score (nSPS) is 12.0. The van der Waals surface area contributed by atoms with E-state index in [1.807, 2.05) is 60.9 Å². The summed E-state index contributed by atoms with van der Waals surface area (Å²) in [6.07, 6.45) is 1.65. The van der Waals surface area contributed by atoms with Crippen molar-refractivity contribution in [1.82, 2.24) is 14.8 Å². The van der Waals surface area contributed by atoms with Crippen LogP contribution in [0.25, 0.3) is 5.69 Å². The summed E-state index contributed by atoms with van der Waals surface area (Å²) in [4.78, 5) is 12.6. The van der Waals surface area contributed by atoms with Crippen molar-refractivity contribution in [2.24, 2.45) is 0 Å². The number of aryl methyl sites for hydroxylation is 1. The molecule has 1 N–H and O–H groups in total. The summed E-state index contributed by atoms with van der Waals surface area (Å²) in [7, 11) is 0. The Labute approximate surface area is 172 Å². The highest BCUT2D eigenvalue weighted by Gasteiger charge is 2.20. The van der Waals surface area contributed by atoms with Crippen LogP contribution in [0.15, 0.2) is 62.9 Å². The first-order valence-corrected chi connectivity index (χ1v) is 10.3. The zero-order chi connectivity index (χ0) is 18.7. The van der Waals surface area contributed by atoms with Crippen molar-refractivity contribution in [2.75, 3.05) is 5.32 Å². The van der Waals surface area contributed by atoms with Crippen LogP contribution in [-0.2, 0) is 4.79 Å². The molecule has 8 heteroatoms. The van der Waals surface area contributed by atoms with Crippen molar-refractivity contribution in [1.29, 1.82) is 0 Å². The Bertz CT molecular complexity index is 907. The number of nitrogens with zero attached hydrogens (tertiary/aromatic N) is 3. The van der Waals surface area contributed by atoms with E-state index < -0.39 is 0 Å². The SMILES string of the molecule is Cc1cc(Br)c(NC(=O)[C@H](C)Sc2nncn2-c2ccccc2)c(Br)c1. The lowest BCUT2D eigenvalue weighted by atomic mass is 10.2. The summed E-state index contributed by atoms with van der Waals surface area (Å²) in [5, 5.41) is 11.4. The topological polar surface area (TPSA) is 59.8 Å². The van der Waals surface area contributed by atoms with E-state index in [0.29, 0.717) is 5.16 Å². The van der Waals surface area contributed by atoms with Crippen molar-refractivity contribution >= 4 is 55.2 Å². The Balaban J connectivity index is 1.74. The lowest BCUT2D eigenvalue weighted by Crippen LogP contribution is -2.23. The molecule has 0 fully saturated rings. The van der Waals surface area contributed by atoms with Gasteiger partial charge in [0.05, 0.1) is 10.9 Å². The molecule has 0 radical (unpaired) electrons. The standard InChI is InChI=1S/C18H16Br2N4OS/c1-11-8-14(19)16(15(20)9-11)22-17(25)12(2)26-18-23-21-10-24(18)13-6-4-3-5-7-13/h3-10,12H,1-2H3,(H,22,25)/t12-/m0/s1. The molecule has 5 nitrogen and oxygen atoms in total. The van der Waals surface area contributed by atoms with Crippen LogP contribution in [0.1, 0.15) is 12.5 Å². The number of para-hydroxylation sites is 1. The van der Waals surface area contributed by atoms with E-state index in [1.165, 1.54) is 11.8 Å². The summed E-state index contributed by atoms with van der Waals surface area (Å²) in [6.45, 7) is 3.84. The third-order valence-corrected chi connectivity index (χ3v) is 5.94. The molecule has 0 aliphatic heterocycles. The second-order valence-corrected chi connectivity index (χ2v) is 8.69. The average molecular weight is 496 g/mol. The van der Waals surface area contributed by atoms with Crippen LogP contribution in [0.2, 0.25) is 0 Å². The summed E-state index contributed by atoms with van der Waals surface area (Å²) >= 11 is 8.36. The summed E-state index contributed by atoms with van der Waals surface area (Å²) < 4.78 is 3.54. The van der Waals surface area contributed by atoms with E-state index in [4.69, 9.17) is 0 Å². The number of thioether (sulfide) groups is 1. The fourth-order valence-electron chi connectivity index (χ4n) is 2.33. The highest BCUT2D eigenvalue weighted by atomic mass is 79.9. The van der Waals surface area contributed by atoms with Gasteiger partial charge in [0.2, 0.25) is 5.91 Å². The molecule has 134 valence electrons. The van der Waals surface area contributed by atoms with Gasteiger partial charge >= 0.3 is 0 Å². The third-order valence-electron chi connectivity index (χ3n) is 3.64. The van der Waals surface area contributed by atoms with Crippen LogP contribution in [0.5, 0.6) is 0 Å². The van der Waals surface area contributed by atoms with Gasteiger partial charge in [0, 0.05) is 14.6 Å². The predicted molar refractivity (Wildman–Crippen MR) is 112 cm³/mol. The molecule has 1 heterocycles. The second-order valence-electron chi connectivity index (χ2n) is 5.67. The average Bonchev–Trinajstić information content (AvgIpc) is 3.06. The first-order valence-electron chi connectivity index (χ1n) is 7.84. The van der Waals surface area contributed by atoms with E-state index in [1.54, 1.807) is 6.33 Å². The highest BCUT2D eigenvalue weighted by molar-refractivity contribution is 9.11. The second kappa shape index (κ2) is 8.37. The van der Waals surface area contributed by atoms with E-state index in [2.05, 4.69) is 47.4 Å². The number of carbonyl (C=O) groups is 1. The minimum absolute atomic E-state index is 0.108. The summed E-state index contributed by atoms with van der Waals surface area (Å²) in [6, 6.07) is 13.7. The number of aromatic nitrogens is 3. The Kier molecular flexibility index (Phi) is 6.16. The molecular formula is C18H16Br2N4OS. The molecule has 3 rings (SSSR count). The first-order chi connectivity index (χ1) is 12.5. The van der Waals surface area contributed by atoms with Gasteiger partial charge in [-0.3, -0.25) is 9.36 Å². The Morgan fingerprint density at radius 3 is 2.50 bits per heavy atom. The molecule has 0 aliphatic carbocycles. The van der Waals surface area contributed by atoms with E-state index in [0.717, 1.165) is 25.9 Å². The van der Waals surface area contributed by atoms with Crippen LogP contribution in [0.3, 0.4) is 0 Å². The maximum Gasteiger partial charge on any atom is 0.237 e. The number of amides is 1. The maximum absolute atomic E-state index is 12.6. The van der Waals surface area contributed by atoms with Gasteiger partial charge in [0.1, 0.15) is 6.33 Å². The smallest absolute Gasteiger partial charge is 0.237 e. The molecule has 1 aromatic heterocycles.